The monoisotopic (exact) mass is 456 g/mol. The van der Waals surface area contributed by atoms with Gasteiger partial charge in [0.25, 0.3) is 6.48 Å². The lowest BCUT2D eigenvalue weighted by Crippen LogP contribution is -2.31. The van der Waals surface area contributed by atoms with Crippen molar-refractivity contribution in [1.29, 1.82) is 0 Å². The van der Waals surface area contributed by atoms with E-state index >= 15 is 0 Å². The molecule has 1 aromatic carbocycles. The quantitative estimate of drug-likeness (QED) is 0.155. The predicted molar refractivity (Wildman–Crippen MR) is 128 cm³/mol. The molecule has 0 saturated carbocycles. The lowest BCUT2D eigenvalue weighted by Gasteiger charge is -2.27. The molecule has 1 aromatic rings. The van der Waals surface area contributed by atoms with Crippen LogP contribution >= 0.6 is 0 Å². The average molecular weight is 457 g/mol. The third-order valence-corrected chi connectivity index (χ3v) is 5.36. The smallest absolute Gasteiger partial charge is 0.272 e. The molecule has 0 aromatic heterocycles. The summed E-state index contributed by atoms with van der Waals surface area (Å²) in [4.78, 5) is 0. The fourth-order valence-electron chi connectivity index (χ4n) is 3.76. The number of aryl methyl sites for hydroxylation is 1. The van der Waals surface area contributed by atoms with E-state index in [4.69, 9.17) is 14.2 Å². The van der Waals surface area contributed by atoms with Crippen LogP contribution < -0.4 is 0 Å². The van der Waals surface area contributed by atoms with Gasteiger partial charge in [-0.25, -0.2) is 8.78 Å². The van der Waals surface area contributed by atoms with E-state index in [0.29, 0.717) is 12.0 Å². The van der Waals surface area contributed by atoms with Gasteiger partial charge in [-0.2, -0.15) is 0 Å². The fourth-order valence-corrected chi connectivity index (χ4v) is 3.76. The van der Waals surface area contributed by atoms with Crippen LogP contribution in [-0.4, -0.2) is 24.8 Å². The van der Waals surface area contributed by atoms with E-state index in [1.165, 1.54) is 50.7 Å². The first-order valence-corrected chi connectivity index (χ1v) is 12.7. The molecule has 0 radical (unpaired) electrons. The molecule has 0 amide bonds. The third kappa shape index (κ3) is 14.9. The summed E-state index contributed by atoms with van der Waals surface area (Å²) in [5, 5.41) is 0. The summed E-state index contributed by atoms with van der Waals surface area (Å²) in [5.41, 5.74) is 0.705. The lowest BCUT2D eigenvalue weighted by atomic mass is 10.0. The highest BCUT2D eigenvalue weighted by Gasteiger charge is 2.20. The highest BCUT2D eigenvalue weighted by atomic mass is 19.1. The number of hydrogen-bond acceptors (Lipinski definition) is 3. The van der Waals surface area contributed by atoms with Gasteiger partial charge in [-0.1, -0.05) is 58.3 Å². The molecule has 0 aliphatic rings. The molecule has 0 fully saturated rings. The van der Waals surface area contributed by atoms with Crippen LogP contribution in [0.2, 0.25) is 0 Å². The van der Waals surface area contributed by atoms with Crippen molar-refractivity contribution in [1.82, 2.24) is 0 Å². The van der Waals surface area contributed by atoms with Crippen LogP contribution in [0.15, 0.2) is 18.2 Å². The minimum Gasteiger partial charge on any atom is -0.327 e. The molecule has 0 aliphatic carbocycles. The van der Waals surface area contributed by atoms with Gasteiger partial charge in [0, 0.05) is 6.07 Å². The Morgan fingerprint density at radius 3 is 1.69 bits per heavy atom. The zero-order chi connectivity index (χ0) is 23.8. The summed E-state index contributed by atoms with van der Waals surface area (Å²) >= 11 is 0. The predicted octanol–water partition coefficient (Wildman–Crippen LogP) is 8.34. The van der Waals surface area contributed by atoms with Crippen LogP contribution in [0.1, 0.15) is 111 Å². The zero-order valence-corrected chi connectivity index (χ0v) is 21.0. The Balaban J connectivity index is 2.52. The van der Waals surface area contributed by atoms with Crippen molar-refractivity contribution in [2.45, 2.75) is 136 Å². The van der Waals surface area contributed by atoms with Crippen LogP contribution in [0.3, 0.4) is 0 Å². The van der Waals surface area contributed by atoms with Crippen molar-refractivity contribution in [3.63, 3.8) is 0 Å². The molecule has 186 valence electrons. The highest BCUT2D eigenvalue weighted by molar-refractivity contribution is 5.17. The van der Waals surface area contributed by atoms with Crippen molar-refractivity contribution in [2.75, 3.05) is 0 Å². The van der Waals surface area contributed by atoms with E-state index in [0.717, 1.165) is 38.2 Å². The molecule has 0 spiro atoms. The van der Waals surface area contributed by atoms with Gasteiger partial charge in [-0.05, 0) is 71.1 Å². The normalized spacial score (nSPS) is 12.9. The molecule has 0 bridgehead atoms. The Hall–Kier alpha value is -1.04. The van der Waals surface area contributed by atoms with Crippen LogP contribution in [0.5, 0.6) is 0 Å². The third-order valence-electron chi connectivity index (χ3n) is 5.36. The molecule has 0 saturated heterocycles. The molecule has 1 atom stereocenters. The zero-order valence-electron chi connectivity index (χ0n) is 21.0. The van der Waals surface area contributed by atoms with Crippen molar-refractivity contribution in [2.24, 2.45) is 0 Å². The van der Waals surface area contributed by atoms with Crippen molar-refractivity contribution < 1.29 is 23.0 Å². The van der Waals surface area contributed by atoms with Gasteiger partial charge in [0.2, 0.25) is 0 Å². The first-order valence-electron chi connectivity index (χ1n) is 12.7. The molecule has 0 N–H and O–H groups in total. The molecule has 1 rings (SSSR count). The largest absolute Gasteiger partial charge is 0.327 e. The van der Waals surface area contributed by atoms with Gasteiger partial charge in [0.05, 0.1) is 18.3 Å². The van der Waals surface area contributed by atoms with E-state index in [1.54, 1.807) is 0 Å². The molecule has 0 heterocycles. The van der Waals surface area contributed by atoms with Gasteiger partial charge >= 0.3 is 0 Å². The standard InChI is InChI=1S/C27H46F2O3/c1-6-7-8-9-10-11-12-16-26(32-27(30-21(2)3)31-22(4)5)17-14-13-15-23-18-24(28)20-25(29)19-23/h18-22,26-27H,6-17H2,1-5H3. The Labute approximate surface area is 195 Å². The van der Waals surface area contributed by atoms with Gasteiger partial charge in [-0.15, -0.1) is 0 Å². The number of unbranched alkanes of at least 4 members (excludes halogenated alkanes) is 7. The van der Waals surface area contributed by atoms with Gasteiger partial charge in [0.1, 0.15) is 11.6 Å². The van der Waals surface area contributed by atoms with Gasteiger partial charge in [-0.3, -0.25) is 0 Å². The number of ether oxygens (including phenoxy) is 3. The maximum Gasteiger partial charge on any atom is 0.272 e. The average Bonchev–Trinajstić information content (AvgIpc) is 2.68. The van der Waals surface area contributed by atoms with Gasteiger partial charge in [0.15, 0.2) is 0 Å². The molecule has 1 unspecified atom stereocenters. The molecule has 3 nitrogen and oxygen atoms in total. The first-order chi connectivity index (χ1) is 15.3. The van der Waals surface area contributed by atoms with Crippen LogP contribution in [-0.2, 0) is 20.6 Å². The van der Waals surface area contributed by atoms with E-state index in [2.05, 4.69) is 6.92 Å². The molecule has 5 heteroatoms. The second kappa shape index (κ2) is 17.4. The second-order valence-corrected chi connectivity index (χ2v) is 9.35. The summed E-state index contributed by atoms with van der Waals surface area (Å²) < 4.78 is 44.7. The summed E-state index contributed by atoms with van der Waals surface area (Å²) in [6.45, 7) is 9.48. The Bertz CT molecular complexity index is 562. The number of halogens is 2. The van der Waals surface area contributed by atoms with Crippen LogP contribution in [0, 0.1) is 11.6 Å². The molecular formula is C27H46F2O3. The van der Waals surface area contributed by atoms with E-state index in [1.807, 2.05) is 27.7 Å². The van der Waals surface area contributed by atoms with Gasteiger partial charge < -0.3 is 14.2 Å². The van der Waals surface area contributed by atoms with E-state index in [9.17, 15) is 8.78 Å². The maximum atomic E-state index is 13.4. The highest BCUT2D eigenvalue weighted by Crippen LogP contribution is 2.20. The fraction of sp³-hybridized carbons (Fsp3) is 0.778. The van der Waals surface area contributed by atoms with E-state index < -0.39 is 18.1 Å². The lowest BCUT2D eigenvalue weighted by molar-refractivity contribution is -0.327. The molecule has 0 aliphatic heterocycles. The minimum absolute atomic E-state index is 0.0147. The van der Waals surface area contributed by atoms with E-state index in [-0.39, 0.29) is 18.3 Å². The van der Waals surface area contributed by atoms with Crippen LogP contribution in [0.25, 0.3) is 0 Å². The van der Waals surface area contributed by atoms with Crippen LogP contribution in [0.4, 0.5) is 8.78 Å². The maximum absolute atomic E-state index is 13.4. The van der Waals surface area contributed by atoms with Crippen molar-refractivity contribution >= 4 is 0 Å². The Kier molecular flexibility index (Phi) is 15.8. The summed E-state index contributed by atoms with van der Waals surface area (Å²) in [6, 6.07) is 3.75. The summed E-state index contributed by atoms with van der Waals surface area (Å²) in [6.07, 6.45) is 13.2. The Morgan fingerprint density at radius 1 is 0.656 bits per heavy atom. The summed E-state index contributed by atoms with van der Waals surface area (Å²) in [5.74, 6) is -1.03. The van der Waals surface area contributed by atoms with Crippen molar-refractivity contribution in [3.05, 3.63) is 35.4 Å². The Morgan fingerprint density at radius 2 is 1.16 bits per heavy atom. The number of benzene rings is 1. The molecule has 32 heavy (non-hydrogen) atoms. The SMILES string of the molecule is CCCCCCCCCC(CCCCc1cc(F)cc(F)c1)OC(OC(C)C)OC(C)C. The number of rotatable bonds is 19. The number of hydrogen-bond donors (Lipinski definition) is 0. The first kappa shape index (κ1) is 29.0. The minimum atomic E-state index is -0.665. The summed E-state index contributed by atoms with van der Waals surface area (Å²) in [7, 11) is 0. The molecular weight excluding hydrogens is 410 g/mol. The topological polar surface area (TPSA) is 27.7 Å². The second-order valence-electron chi connectivity index (χ2n) is 9.35. The van der Waals surface area contributed by atoms with Crippen molar-refractivity contribution in [3.8, 4) is 0 Å².